The number of hydrogen-bond donors (Lipinski definition) is 4. The largest absolute Gasteiger partial charge is 0.353 e. The summed E-state index contributed by atoms with van der Waals surface area (Å²) in [6.45, 7) is 1.82. The summed E-state index contributed by atoms with van der Waals surface area (Å²) in [4.78, 5) is 28.9. The summed E-state index contributed by atoms with van der Waals surface area (Å²) in [6.07, 6.45) is 3.32. The first kappa shape index (κ1) is 21.2. The van der Waals surface area contributed by atoms with Crippen molar-refractivity contribution in [1.29, 1.82) is 5.26 Å². The molecule has 0 spiro atoms. The summed E-state index contributed by atoms with van der Waals surface area (Å²) in [7, 11) is 0. The summed E-state index contributed by atoms with van der Waals surface area (Å²) in [5.41, 5.74) is 3.44. The Balaban J connectivity index is 1.71. The van der Waals surface area contributed by atoms with E-state index in [4.69, 9.17) is 0 Å². The lowest BCUT2D eigenvalue weighted by Crippen LogP contribution is -2.30. The maximum Gasteiger partial charge on any atom is 0.264 e. The van der Waals surface area contributed by atoms with Crippen LogP contribution in [0.3, 0.4) is 0 Å². The zero-order valence-corrected chi connectivity index (χ0v) is 18.0. The number of aromatic amines is 2. The molecule has 1 unspecified atom stereocenters. The molecule has 160 valence electrons. The molecule has 4 rings (SSSR count). The molecule has 1 aliphatic heterocycles. The fourth-order valence-electron chi connectivity index (χ4n) is 3.53. The summed E-state index contributed by atoms with van der Waals surface area (Å²) >= 11 is 1.39. The number of aromatic nitrogens is 3. The maximum absolute atomic E-state index is 13.3. The van der Waals surface area contributed by atoms with Gasteiger partial charge in [0, 0.05) is 46.9 Å². The van der Waals surface area contributed by atoms with Crippen LogP contribution in [0.1, 0.15) is 24.1 Å². The number of nitriles is 1. The van der Waals surface area contributed by atoms with Crippen molar-refractivity contribution in [2.24, 2.45) is 0 Å². The SMILES string of the molecule is CC1=C(C(=O)Nc2ccccc2)C(c2cccnc2)C(C#N)=C(SCc2cc(=O)[nH][nH]2)N1. The van der Waals surface area contributed by atoms with Gasteiger partial charge in [-0.15, -0.1) is 11.8 Å². The molecule has 0 saturated heterocycles. The van der Waals surface area contributed by atoms with Crippen molar-refractivity contribution in [3.63, 3.8) is 0 Å². The van der Waals surface area contributed by atoms with Crippen LogP contribution in [0.2, 0.25) is 0 Å². The number of pyridine rings is 1. The van der Waals surface area contributed by atoms with Crippen LogP contribution in [0, 0.1) is 11.3 Å². The van der Waals surface area contributed by atoms with Gasteiger partial charge in [-0.25, -0.2) is 0 Å². The molecule has 0 radical (unpaired) electrons. The van der Waals surface area contributed by atoms with Gasteiger partial charge in [-0.3, -0.25) is 19.7 Å². The van der Waals surface area contributed by atoms with Crippen LogP contribution in [0.25, 0.3) is 0 Å². The van der Waals surface area contributed by atoms with Crippen LogP contribution in [0.5, 0.6) is 0 Å². The van der Waals surface area contributed by atoms with Gasteiger partial charge < -0.3 is 15.7 Å². The Morgan fingerprint density at radius 3 is 2.69 bits per heavy atom. The third-order valence-corrected chi connectivity index (χ3v) is 6.03. The molecule has 0 fully saturated rings. The van der Waals surface area contributed by atoms with Crippen LogP contribution in [0.4, 0.5) is 5.69 Å². The highest BCUT2D eigenvalue weighted by atomic mass is 32.2. The number of dihydropyridines is 1. The fraction of sp³-hybridized carbons (Fsp3) is 0.130. The number of H-pyrrole nitrogens is 2. The molecule has 9 heteroatoms. The van der Waals surface area contributed by atoms with Crippen LogP contribution in [-0.4, -0.2) is 21.1 Å². The Labute approximate surface area is 188 Å². The zero-order chi connectivity index (χ0) is 22.5. The number of benzene rings is 1. The van der Waals surface area contributed by atoms with Crippen LogP contribution in [-0.2, 0) is 10.5 Å². The second kappa shape index (κ2) is 9.41. The predicted octanol–water partition coefficient (Wildman–Crippen LogP) is 3.37. The standard InChI is InChI=1S/C23H20N6O2S/c1-14-20(22(31)27-16-7-3-2-4-8-16)21(15-6-5-9-25-12-15)18(11-24)23(26-14)32-13-17-10-19(30)29-28-17/h2-10,12,21,26H,13H2,1H3,(H,27,31)(H2,28,29,30). The number of nitrogens with zero attached hydrogens (tertiary/aromatic N) is 2. The number of para-hydroxylation sites is 1. The van der Waals surface area contributed by atoms with Crippen molar-refractivity contribution in [3.8, 4) is 6.07 Å². The highest BCUT2D eigenvalue weighted by Gasteiger charge is 2.34. The van der Waals surface area contributed by atoms with Gasteiger partial charge in [0.05, 0.1) is 22.6 Å². The van der Waals surface area contributed by atoms with Crippen molar-refractivity contribution in [3.05, 3.63) is 104 Å². The Morgan fingerprint density at radius 1 is 1.22 bits per heavy atom. The van der Waals surface area contributed by atoms with Crippen LogP contribution in [0.15, 0.2) is 87.6 Å². The van der Waals surface area contributed by atoms with Crippen LogP contribution < -0.4 is 16.2 Å². The molecule has 2 aromatic heterocycles. The van der Waals surface area contributed by atoms with E-state index in [1.807, 2.05) is 43.3 Å². The van der Waals surface area contributed by atoms with E-state index in [0.717, 1.165) is 5.56 Å². The Kier molecular flexibility index (Phi) is 6.24. The number of hydrogen-bond acceptors (Lipinski definition) is 6. The number of thioether (sulfide) groups is 1. The van der Waals surface area contributed by atoms with Gasteiger partial charge in [-0.1, -0.05) is 24.3 Å². The fourth-order valence-corrected chi connectivity index (χ4v) is 4.53. The minimum atomic E-state index is -0.577. The number of carbonyl (C=O) groups excluding carboxylic acids is 1. The number of nitrogens with one attached hydrogen (secondary N) is 4. The number of allylic oxidation sites excluding steroid dienone is 2. The van der Waals surface area contributed by atoms with E-state index in [2.05, 4.69) is 31.9 Å². The topological polar surface area (TPSA) is 126 Å². The van der Waals surface area contributed by atoms with Crippen molar-refractivity contribution in [2.75, 3.05) is 5.32 Å². The molecule has 0 saturated carbocycles. The molecule has 1 aliphatic rings. The monoisotopic (exact) mass is 444 g/mol. The highest BCUT2D eigenvalue weighted by Crippen LogP contribution is 2.41. The molecule has 32 heavy (non-hydrogen) atoms. The molecular weight excluding hydrogens is 424 g/mol. The predicted molar refractivity (Wildman–Crippen MR) is 123 cm³/mol. The summed E-state index contributed by atoms with van der Waals surface area (Å²) in [5, 5.41) is 22.2. The van der Waals surface area contributed by atoms with Crippen molar-refractivity contribution >= 4 is 23.4 Å². The molecule has 1 aromatic carbocycles. The third-order valence-electron chi connectivity index (χ3n) is 4.97. The minimum Gasteiger partial charge on any atom is -0.353 e. The molecule has 3 heterocycles. The van der Waals surface area contributed by atoms with E-state index in [1.54, 1.807) is 18.5 Å². The van der Waals surface area contributed by atoms with Crippen molar-refractivity contribution in [1.82, 2.24) is 20.5 Å². The van der Waals surface area contributed by atoms with Gasteiger partial charge in [0.1, 0.15) is 0 Å². The van der Waals surface area contributed by atoms with Gasteiger partial charge in [-0.2, -0.15) is 5.26 Å². The van der Waals surface area contributed by atoms with E-state index >= 15 is 0 Å². The first-order valence-corrected chi connectivity index (χ1v) is 10.8. The zero-order valence-electron chi connectivity index (χ0n) is 17.2. The molecule has 0 aliphatic carbocycles. The van der Waals surface area contributed by atoms with Gasteiger partial charge in [0.25, 0.3) is 11.5 Å². The van der Waals surface area contributed by atoms with E-state index in [0.29, 0.717) is 39.0 Å². The molecule has 4 N–H and O–H groups in total. The highest BCUT2D eigenvalue weighted by molar-refractivity contribution is 8.02. The summed E-state index contributed by atoms with van der Waals surface area (Å²) in [5.74, 6) is -0.418. The third kappa shape index (κ3) is 4.50. The molecule has 1 amide bonds. The van der Waals surface area contributed by atoms with Gasteiger partial charge in [-0.05, 0) is 30.7 Å². The van der Waals surface area contributed by atoms with E-state index in [1.165, 1.54) is 17.8 Å². The molecule has 3 aromatic rings. The number of anilines is 1. The Bertz CT molecular complexity index is 1290. The van der Waals surface area contributed by atoms with Crippen molar-refractivity contribution in [2.45, 2.75) is 18.6 Å². The number of rotatable bonds is 6. The first-order valence-electron chi connectivity index (χ1n) is 9.84. The Hall–Kier alpha value is -4.03. The van der Waals surface area contributed by atoms with Crippen LogP contribution >= 0.6 is 11.8 Å². The van der Waals surface area contributed by atoms with E-state index in [9.17, 15) is 14.9 Å². The summed E-state index contributed by atoms with van der Waals surface area (Å²) < 4.78 is 0. The minimum absolute atomic E-state index is 0.212. The maximum atomic E-state index is 13.3. The first-order chi connectivity index (χ1) is 15.6. The van der Waals surface area contributed by atoms with Gasteiger partial charge in [0.2, 0.25) is 0 Å². The second-order valence-corrected chi connectivity index (χ2v) is 8.12. The average molecular weight is 445 g/mol. The number of carbonyl (C=O) groups is 1. The second-order valence-electron chi connectivity index (χ2n) is 7.13. The average Bonchev–Trinajstić information content (AvgIpc) is 3.23. The lowest BCUT2D eigenvalue weighted by atomic mass is 9.83. The molecule has 8 nitrogen and oxygen atoms in total. The Morgan fingerprint density at radius 2 is 2.03 bits per heavy atom. The van der Waals surface area contributed by atoms with E-state index < -0.39 is 5.92 Å². The molecule has 0 bridgehead atoms. The van der Waals surface area contributed by atoms with Crippen molar-refractivity contribution < 1.29 is 4.79 Å². The van der Waals surface area contributed by atoms with E-state index in [-0.39, 0.29) is 11.5 Å². The smallest absolute Gasteiger partial charge is 0.264 e. The molecular formula is C23H20N6O2S. The quantitative estimate of drug-likeness (QED) is 0.462. The normalized spacial score (nSPS) is 15.8. The lowest BCUT2D eigenvalue weighted by Gasteiger charge is -2.29. The molecule has 1 atom stereocenters. The van der Waals surface area contributed by atoms with Gasteiger partial charge >= 0.3 is 0 Å². The lowest BCUT2D eigenvalue weighted by molar-refractivity contribution is -0.113. The summed E-state index contributed by atoms with van der Waals surface area (Å²) in [6, 6.07) is 16.6. The van der Waals surface area contributed by atoms with Gasteiger partial charge in [0.15, 0.2) is 0 Å². The number of amides is 1.